The molecule has 4 nitrogen and oxygen atoms in total. The Morgan fingerprint density at radius 2 is 2.06 bits per heavy atom. The van der Waals surface area contributed by atoms with E-state index < -0.39 is 0 Å². The van der Waals surface area contributed by atoms with Crippen molar-refractivity contribution in [3.8, 4) is 0 Å². The summed E-state index contributed by atoms with van der Waals surface area (Å²) < 4.78 is 14.8. The van der Waals surface area contributed by atoms with Crippen LogP contribution in [-0.2, 0) is 0 Å². The van der Waals surface area contributed by atoms with E-state index >= 15 is 0 Å². The van der Waals surface area contributed by atoms with Crippen LogP contribution < -0.4 is 0 Å². The second-order valence-corrected chi connectivity index (χ2v) is 4.62. The number of aryl methyl sites for hydroxylation is 1. The van der Waals surface area contributed by atoms with E-state index in [4.69, 9.17) is 0 Å². The highest BCUT2D eigenvalue weighted by atomic mass is 19.1. The summed E-state index contributed by atoms with van der Waals surface area (Å²) in [6.45, 7) is 3.34. The lowest BCUT2D eigenvalue weighted by Gasteiger charge is -2.15. The van der Waals surface area contributed by atoms with Crippen molar-refractivity contribution in [2.24, 2.45) is 0 Å². The molecule has 0 atom stereocenters. The highest BCUT2D eigenvalue weighted by Gasteiger charge is 2.24. The summed E-state index contributed by atoms with van der Waals surface area (Å²) >= 11 is 0. The summed E-state index contributed by atoms with van der Waals surface area (Å²) in [5.74, 6) is -0.418. The van der Waals surface area contributed by atoms with Gasteiger partial charge in [0.05, 0.1) is 5.69 Å². The van der Waals surface area contributed by atoms with E-state index in [-0.39, 0.29) is 11.7 Å². The van der Waals surface area contributed by atoms with Crippen molar-refractivity contribution in [2.45, 2.75) is 19.8 Å². The van der Waals surface area contributed by atoms with E-state index in [2.05, 4.69) is 4.98 Å². The number of pyridine rings is 1. The van der Waals surface area contributed by atoms with Crippen molar-refractivity contribution in [1.29, 1.82) is 0 Å². The molecule has 0 aliphatic carbocycles. The Morgan fingerprint density at radius 3 is 2.78 bits per heavy atom. The summed E-state index contributed by atoms with van der Waals surface area (Å²) in [4.78, 5) is 18.5. The third-order valence-corrected chi connectivity index (χ3v) is 3.35. The number of nitrogens with zero attached hydrogens (tertiary/aromatic N) is 3. The van der Waals surface area contributed by atoms with Crippen molar-refractivity contribution in [3.05, 3.63) is 35.5 Å². The molecule has 0 radical (unpaired) electrons. The Kier molecular flexibility index (Phi) is 2.54. The molecule has 18 heavy (non-hydrogen) atoms. The Morgan fingerprint density at radius 1 is 1.33 bits per heavy atom. The Hall–Kier alpha value is -1.91. The maximum Gasteiger partial charge on any atom is 0.272 e. The van der Waals surface area contributed by atoms with Gasteiger partial charge in [-0.2, -0.15) is 0 Å². The average Bonchev–Trinajstić information content (AvgIpc) is 2.94. The fraction of sp³-hybridized carbons (Fsp3) is 0.385. The normalized spacial score (nSPS) is 15.6. The third-order valence-electron chi connectivity index (χ3n) is 3.35. The molecule has 0 bridgehead atoms. The van der Waals surface area contributed by atoms with Crippen LogP contribution >= 0.6 is 0 Å². The van der Waals surface area contributed by atoms with Gasteiger partial charge in [0, 0.05) is 19.3 Å². The topological polar surface area (TPSA) is 37.6 Å². The van der Waals surface area contributed by atoms with Crippen LogP contribution in [0.15, 0.2) is 18.3 Å². The molecular weight excluding hydrogens is 233 g/mol. The predicted molar refractivity (Wildman–Crippen MR) is 65.0 cm³/mol. The predicted octanol–water partition coefficient (Wildman–Crippen LogP) is 2.02. The van der Waals surface area contributed by atoms with Crippen LogP contribution in [0.4, 0.5) is 4.39 Å². The first-order valence-electron chi connectivity index (χ1n) is 6.10. The van der Waals surface area contributed by atoms with Gasteiger partial charge in [-0.15, -0.1) is 0 Å². The lowest BCUT2D eigenvalue weighted by atomic mass is 10.3. The number of halogens is 1. The molecule has 94 valence electrons. The van der Waals surface area contributed by atoms with Crippen LogP contribution in [0.2, 0.25) is 0 Å². The summed E-state index contributed by atoms with van der Waals surface area (Å²) in [6, 6.07) is 2.94. The Balaban J connectivity index is 2.12. The summed E-state index contributed by atoms with van der Waals surface area (Å²) in [5.41, 5.74) is 1.74. The zero-order valence-electron chi connectivity index (χ0n) is 10.2. The molecule has 0 spiro atoms. The smallest absolute Gasteiger partial charge is 0.272 e. The van der Waals surface area contributed by atoms with E-state index in [9.17, 15) is 9.18 Å². The standard InChI is InChI=1S/C13H14FN3O/c1-9-12(13(18)16-6-2-3-7-16)17-8-10(14)4-5-11(17)15-9/h4-5,8H,2-3,6-7H2,1H3. The maximum atomic E-state index is 13.3. The van der Waals surface area contributed by atoms with E-state index in [0.29, 0.717) is 17.0 Å². The summed E-state index contributed by atoms with van der Waals surface area (Å²) in [6.07, 6.45) is 3.39. The fourth-order valence-electron chi connectivity index (χ4n) is 2.46. The fourth-order valence-corrected chi connectivity index (χ4v) is 2.46. The zero-order valence-corrected chi connectivity index (χ0v) is 10.2. The second-order valence-electron chi connectivity index (χ2n) is 4.62. The lowest BCUT2D eigenvalue weighted by molar-refractivity contribution is 0.0785. The van der Waals surface area contributed by atoms with Gasteiger partial charge in [0.25, 0.3) is 5.91 Å². The number of aromatic nitrogens is 2. The van der Waals surface area contributed by atoms with Gasteiger partial charge >= 0.3 is 0 Å². The van der Waals surface area contributed by atoms with E-state index in [1.54, 1.807) is 22.3 Å². The molecule has 2 aromatic rings. The molecule has 0 N–H and O–H groups in total. The number of carbonyl (C=O) groups excluding carboxylic acids is 1. The molecule has 1 aliphatic rings. The Bertz CT molecular complexity index is 614. The van der Waals surface area contributed by atoms with Gasteiger partial charge in [-0.1, -0.05) is 0 Å². The van der Waals surface area contributed by atoms with Crippen LogP contribution in [-0.4, -0.2) is 33.3 Å². The van der Waals surface area contributed by atoms with Crippen LogP contribution in [0.1, 0.15) is 29.0 Å². The van der Waals surface area contributed by atoms with Gasteiger partial charge in [-0.05, 0) is 31.9 Å². The number of carbonyl (C=O) groups is 1. The molecule has 1 aliphatic heterocycles. The van der Waals surface area contributed by atoms with Gasteiger partial charge < -0.3 is 4.90 Å². The second kappa shape index (κ2) is 4.08. The molecule has 3 heterocycles. The number of fused-ring (bicyclic) bond motifs is 1. The number of imidazole rings is 1. The van der Waals surface area contributed by atoms with Gasteiger partial charge in [-0.3, -0.25) is 9.20 Å². The van der Waals surface area contributed by atoms with Gasteiger partial charge in [0.15, 0.2) is 0 Å². The highest BCUT2D eigenvalue weighted by Crippen LogP contribution is 2.18. The minimum atomic E-state index is -0.365. The van der Waals surface area contributed by atoms with Crippen LogP contribution in [0.25, 0.3) is 5.65 Å². The van der Waals surface area contributed by atoms with E-state index in [1.165, 1.54) is 12.3 Å². The molecule has 1 saturated heterocycles. The van der Waals surface area contributed by atoms with E-state index in [0.717, 1.165) is 25.9 Å². The average molecular weight is 247 g/mol. The first-order chi connectivity index (χ1) is 8.66. The monoisotopic (exact) mass is 247 g/mol. The largest absolute Gasteiger partial charge is 0.337 e. The first-order valence-corrected chi connectivity index (χ1v) is 6.10. The number of likely N-dealkylation sites (tertiary alicyclic amines) is 1. The molecule has 1 amide bonds. The lowest BCUT2D eigenvalue weighted by Crippen LogP contribution is -2.29. The first kappa shape index (κ1) is 11.2. The molecule has 2 aromatic heterocycles. The molecule has 0 unspecified atom stereocenters. The van der Waals surface area contributed by atoms with Crippen LogP contribution in [0, 0.1) is 12.7 Å². The third kappa shape index (κ3) is 1.66. The highest BCUT2D eigenvalue weighted by molar-refractivity contribution is 5.94. The van der Waals surface area contributed by atoms with E-state index in [1.807, 2.05) is 0 Å². The maximum absolute atomic E-state index is 13.3. The summed E-state index contributed by atoms with van der Waals surface area (Å²) in [7, 11) is 0. The molecule has 0 aromatic carbocycles. The molecule has 3 rings (SSSR count). The molecule has 5 heteroatoms. The van der Waals surface area contributed by atoms with Gasteiger partial charge in [-0.25, -0.2) is 9.37 Å². The van der Waals surface area contributed by atoms with Crippen LogP contribution in [0.3, 0.4) is 0 Å². The molecular formula is C13H14FN3O. The molecule has 0 saturated carbocycles. The Labute approximate surface area is 104 Å². The van der Waals surface area contributed by atoms with Crippen LogP contribution in [0.5, 0.6) is 0 Å². The number of hydrogen-bond acceptors (Lipinski definition) is 2. The quantitative estimate of drug-likeness (QED) is 0.773. The van der Waals surface area contributed by atoms with Crippen molar-refractivity contribution < 1.29 is 9.18 Å². The molecule has 1 fully saturated rings. The van der Waals surface area contributed by atoms with Gasteiger partial charge in [0.1, 0.15) is 17.2 Å². The van der Waals surface area contributed by atoms with Gasteiger partial charge in [0.2, 0.25) is 0 Å². The summed E-state index contributed by atoms with van der Waals surface area (Å²) in [5, 5.41) is 0. The minimum Gasteiger partial charge on any atom is -0.337 e. The zero-order chi connectivity index (χ0) is 12.7. The van der Waals surface area contributed by atoms with Crippen molar-refractivity contribution in [1.82, 2.24) is 14.3 Å². The number of hydrogen-bond donors (Lipinski definition) is 0. The number of amides is 1. The number of rotatable bonds is 1. The van der Waals surface area contributed by atoms with Crippen molar-refractivity contribution >= 4 is 11.6 Å². The minimum absolute atomic E-state index is 0.0527. The SMILES string of the molecule is Cc1nc2ccc(F)cn2c1C(=O)N1CCCC1. The van der Waals surface area contributed by atoms with Crippen molar-refractivity contribution in [2.75, 3.05) is 13.1 Å². The van der Waals surface area contributed by atoms with Crippen molar-refractivity contribution in [3.63, 3.8) is 0 Å².